The van der Waals surface area contributed by atoms with Gasteiger partial charge in [0.1, 0.15) is 5.82 Å². The lowest BCUT2D eigenvalue weighted by atomic mass is 9.92. The molecule has 2 aromatic heterocycles. The average Bonchev–Trinajstić information content (AvgIpc) is 2.66. The predicted molar refractivity (Wildman–Crippen MR) is 109 cm³/mol. The second kappa shape index (κ2) is 9.59. The molecule has 0 atom stereocenters. The average molecular weight is 383 g/mol. The van der Waals surface area contributed by atoms with Gasteiger partial charge in [0.2, 0.25) is 11.9 Å². The van der Waals surface area contributed by atoms with E-state index in [9.17, 15) is 4.79 Å². The van der Waals surface area contributed by atoms with Crippen molar-refractivity contribution in [2.45, 2.75) is 39.5 Å². The number of nitrogens with one attached hydrogen (secondary N) is 1. The van der Waals surface area contributed by atoms with E-state index in [1.165, 1.54) is 0 Å². The molecule has 7 heteroatoms. The predicted octanol–water partition coefficient (Wildman–Crippen LogP) is 3.05. The number of carbonyl (C=O) groups excluding carboxylic acids is 1. The molecule has 7 nitrogen and oxygen atoms in total. The molecule has 0 aliphatic carbocycles. The first-order chi connectivity index (χ1) is 13.5. The molecule has 1 aliphatic heterocycles. The van der Waals surface area contributed by atoms with E-state index in [2.05, 4.69) is 21.4 Å². The van der Waals surface area contributed by atoms with Gasteiger partial charge < -0.3 is 15.0 Å². The van der Waals surface area contributed by atoms with E-state index in [0.717, 1.165) is 55.3 Å². The molecule has 1 N–H and O–H groups in total. The lowest BCUT2D eigenvalue weighted by Crippen LogP contribution is -2.39. The summed E-state index contributed by atoms with van der Waals surface area (Å²) in [5, 5.41) is 3.21. The third-order valence-electron chi connectivity index (χ3n) is 5.01. The Morgan fingerprint density at radius 1 is 1.18 bits per heavy atom. The second-order valence-electron chi connectivity index (χ2n) is 7.38. The number of piperidine rings is 1. The van der Waals surface area contributed by atoms with Crippen LogP contribution in [0.15, 0.2) is 24.3 Å². The Morgan fingerprint density at radius 2 is 1.89 bits per heavy atom. The summed E-state index contributed by atoms with van der Waals surface area (Å²) in [4.78, 5) is 27.6. The van der Waals surface area contributed by atoms with Gasteiger partial charge in [0.15, 0.2) is 0 Å². The molecule has 0 unspecified atom stereocenters. The molecule has 0 aromatic carbocycles. The van der Waals surface area contributed by atoms with Crippen molar-refractivity contribution in [1.82, 2.24) is 19.9 Å². The Bertz CT molecular complexity index is 783. The lowest BCUT2D eigenvalue weighted by molar-refractivity contribution is -0.133. The van der Waals surface area contributed by atoms with Crippen LogP contribution in [0.3, 0.4) is 0 Å². The van der Waals surface area contributed by atoms with Crippen LogP contribution in [-0.2, 0) is 16.0 Å². The zero-order valence-corrected chi connectivity index (χ0v) is 16.9. The first kappa shape index (κ1) is 20.2. The van der Waals surface area contributed by atoms with Crippen LogP contribution in [0.25, 0.3) is 0 Å². The van der Waals surface area contributed by atoms with Gasteiger partial charge in [0.05, 0.1) is 13.0 Å². The van der Waals surface area contributed by atoms with E-state index in [1.807, 2.05) is 36.9 Å². The van der Waals surface area contributed by atoms with Crippen molar-refractivity contribution in [2.24, 2.45) is 5.92 Å². The van der Waals surface area contributed by atoms with Crippen LogP contribution in [0, 0.1) is 19.8 Å². The minimum absolute atomic E-state index is 0.193. The Balaban J connectivity index is 1.54. The summed E-state index contributed by atoms with van der Waals surface area (Å²) in [5.41, 5.74) is 2.91. The second-order valence-corrected chi connectivity index (χ2v) is 7.38. The summed E-state index contributed by atoms with van der Waals surface area (Å²) in [5.74, 6) is 2.07. The Morgan fingerprint density at radius 3 is 2.57 bits per heavy atom. The molecule has 1 fully saturated rings. The monoisotopic (exact) mass is 383 g/mol. The van der Waals surface area contributed by atoms with Crippen molar-refractivity contribution in [3.63, 3.8) is 0 Å². The number of amides is 1. The summed E-state index contributed by atoms with van der Waals surface area (Å²) < 4.78 is 5.00. The Kier molecular flexibility index (Phi) is 6.92. The zero-order chi connectivity index (χ0) is 19.9. The van der Waals surface area contributed by atoms with Gasteiger partial charge in [-0.1, -0.05) is 6.07 Å². The van der Waals surface area contributed by atoms with Crippen LogP contribution < -0.4 is 5.32 Å². The first-order valence-corrected chi connectivity index (χ1v) is 9.85. The van der Waals surface area contributed by atoms with Crippen LogP contribution in [0.5, 0.6) is 0 Å². The number of likely N-dealkylation sites (tertiary alicyclic amines) is 1. The zero-order valence-electron chi connectivity index (χ0n) is 16.9. The van der Waals surface area contributed by atoms with E-state index in [0.29, 0.717) is 24.9 Å². The molecule has 28 heavy (non-hydrogen) atoms. The van der Waals surface area contributed by atoms with Gasteiger partial charge in [-0.15, -0.1) is 0 Å². The van der Waals surface area contributed by atoms with Crippen LogP contribution >= 0.6 is 0 Å². The number of rotatable bonds is 7. The van der Waals surface area contributed by atoms with Gasteiger partial charge in [-0.25, -0.2) is 15.0 Å². The summed E-state index contributed by atoms with van der Waals surface area (Å²) in [6.07, 6.45) is 3.41. The fourth-order valence-corrected chi connectivity index (χ4v) is 3.59. The maximum absolute atomic E-state index is 12.1. The van der Waals surface area contributed by atoms with Gasteiger partial charge in [-0.2, -0.15) is 0 Å². The summed E-state index contributed by atoms with van der Waals surface area (Å²) in [7, 11) is 1.63. The molecule has 0 spiro atoms. The molecule has 1 aliphatic rings. The number of ether oxygens (including phenoxy) is 1. The molecule has 0 bridgehead atoms. The van der Waals surface area contributed by atoms with Crippen molar-refractivity contribution in [3.8, 4) is 0 Å². The van der Waals surface area contributed by atoms with E-state index in [1.54, 1.807) is 7.11 Å². The highest BCUT2D eigenvalue weighted by Crippen LogP contribution is 2.22. The molecule has 2 aromatic rings. The summed E-state index contributed by atoms with van der Waals surface area (Å²) in [6, 6.07) is 7.95. The van der Waals surface area contributed by atoms with E-state index in [4.69, 9.17) is 9.72 Å². The number of aromatic nitrogens is 3. The molecule has 0 saturated carbocycles. The molecule has 150 valence electrons. The van der Waals surface area contributed by atoms with E-state index >= 15 is 0 Å². The number of hydrogen-bond acceptors (Lipinski definition) is 6. The van der Waals surface area contributed by atoms with Crippen LogP contribution in [0.4, 0.5) is 11.8 Å². The maximum atomic E-state index is 12.1. The molecular weight excluding hydrogens is 354 g/mol. The molecule has 3 rings (SSSR count). The number of methoxy groups -OCH3 is 1. The van der Waals surface area contributed by atoms with Gasteiger partial charge in [-0.05, 0) is 57.2 Å². The minimum atomic E-state index is 0.193. The number of hydrogen-bond donors (Lipinski definition) is 1. The number of nitrogens with zero attached hydrogens (tertiary/aromatic N) is 4. The number of carbonyl (C=O) groups is 1. The van der Waals surface area contributed by atoms with Crippen LogP contribution in [-0.4, -0.2) is 52.6 Å². The third kappa shape index (κ3) is 5.73. The highest BCUT2D eigenvalue weighted by atomic mass is 16.5. The standard InChI is InChI=1S/C21H29N5O2/c1-15-13-16(2)23-21(22-15)25-19-6-4-5-18(24-19)14-17-7-10-26(11-8-17)20(27)9-12-28-3/h4-6,13,17H,7-12,14H2,1-3H3,(H,22,23,24,25). The molecule has 0 radical (unpaired) electrons. The number of pyridine rings is 1. The van der Waals surface area contributed by atoms with Gasteiger partial charge in [-0.3, -0.25) is 4.79 Å². The third-order valence-corrected chi connectivity index (χ3v) is 5.01. The molecule has 3 heterocycles. The molecule has 1 amide bonds. The van der Waals surface area contributed by atoms with Crippen molar-refractivity contribution in [3.05, 3.63) is 41.3 Å². The topological polar surface area (TPSA) is 80.2 Å². The normalized spacial score (nSPS) is 14.9. The molecular formula is C21H29N5O2. The van der Waals surface area contributed by atoms with Crippen molar-refractivity contribution >= 4 is 17.7 Å². The summed E-state index contributed by atoms with van der Waals surface area (Å²) >= 11 is 0. The van der Waals surface area contributed by atoms with E-state index in [-0.39, 0.29) is 5.91 Å². The fourth-order valence-electron chi connectivity index (χ4n) is 3.59. The van der Waals surface area contributed by atoms with Gasteiger partial charge in [0.25, 0.3) is 0 Å². The number of anilines is 2. The Hall–Kier alpha value is -2.54. The van der Waals surface area contributed by atoms with Crippen LogP contribution in [0.1, 0.15) is 36.3 Å². The van der Waals surface area contributed by atoms with Gasteiger partial charge >= 0.3 is 0 Å². The minimum Gasteiger partial charge on any atom is -0.384 e. The first-order valence-electron chi connectivity index (χ1n) is 9.85. The molecule has 1 saturated heterocycles. The Labute approximate surface area is 166 Å². The van der Waals surface area contributed by atoms with Crippen LogP contribution in [0.2, 0.25) is 0 Å². The quantitative estimate of drug-likeness (QED) is 0.792. The van der Waals surface area contributed by atoms with Crippen molar-refractivity contribution in [2.75, 3.05) is 32.1 Å². The largest absolute Gasteiger partial charge is 0.384 e. The maximum Gasteiger partial charge on any atom is 0.228 e. The van der Waals surface area contributed by atoms with E-state index < -0.39 is 0 Å². The number of aryl methyl sites for hydroxylation is 2. The smallest absolute Gasteiger partial charge is 0.228 e. The lowest BCUT2D eigenvalue weighted by Gasteiger charge is -2.32. The van der Waals surface area contributed by atoms with Crippen molar-refractivity contribution in [1.29, 1.82) is 0 Å². The summed E-state index contributed by atoms with van der Waals surface area (Å²) in [6.45, 7) is 6.04. The van der Waals surface area contributed by atoms with Gasteiger partial charge in [0, 0.05) is 37.3 Å². The highest BCUT2D eigenvalue weighted by Gasteiger charge is 2.23. The fraction of sp³-hybridized carbons (Fsp3) is 0.524. The van der Waals surface area contributed by atoms with Crippen molar-refractivity contribution < 1.29 is 9.53 Å². The SMILES string of the molecule is COCCC(=O)N1CCC(Cc2cccc(Nc3nc(C)cc(C)n3)n2)CC1. The highest BCUT2D eigenvalue weighted by molar-refractivity contribution is 5.76.